The molecule has 1 rings (SSSR count). The van der Waals surface area contributed by atoms with E-state index in [1.165, 1.54) is 0 Å². The standard InChI is InChI=1S/C14H31N5O/c1-4-5-16-13(14(15)20)12-19-10-8-18(9-11-19)7-6-17(2)3/h13,16H,4-12H2,1-3H3,(H2,15,20). The monoisotopic (exact) mass is 285 g/mol. The molecule has 0 saturated carbocycles. The molecular formula is C14H31N5O. The number of nitrogens with one attached hydrogen (secondary N) is 1. The van der Waals surface area contributed by atoms with Gasteiger partial charge in [-0.2, -0.15) is 0 Å². The van der Waals surface area contributed by atoms with E-state index in [2.05, 4.69) is 41.0 Å². The summed E-state index contributed by atoms with van der Waals surface area (Å²) in [6, 6.07) is -0.219. The number of piperazine rings is 1. The second-order valence-electron chi connectivity index (χ2n) is 5.85. The van der Waals surface area contributed by atoms with Crippen LogP contribution in [0.3, 0.4) is 0 Å². The van der Waals surface area contributed by atoms with Crippen molar-refractivity contribution in [2.24, 2.45) is 5.73 Å². The van der Waals surface area contributed by atoms with Gasteiger partial charge in [0.15, 0.2) is 0 Å². The minimum absolute atomic E-state index is 0.219. The second kappa shape index (κ2) is 9.28. The summed E-state index contributed by atoms with van der Waals surface area (Å²) in [5.74, 6) is -0.242. The maximum absolute atomic E-state index is 11.4. The predicted octanol–water partition coefficient (Wildman–Crippen LogP) is -0.981. The van der Waals surface area contributed by atoms with Gasteiger partial charge < -0.3 is 16.0 Å². The number of amides is 1. The number of nitrogens with zero attached hydrogens (tertiary/aromatic N) is 3. The van der Waals surface area contributed by atoms with E-state index in [1.807, 2.05) is 0 Å². The Bertz CT molecular complexity index is 277. The number of carbonyl (C=O) groups excluding carboxylic acids is 1. The first-order chi connectivity index (χ1) is 9.52. The Morgan fingerprint density at radius 1 is 1.25 bits per heavy atom. The third-order valence-corrected chi connectivity index (χ3v) is 3.75. The minimum Gasteiger partial charge on any atom is -0.368 e. The molecule has 20 heavy (non-hydrogen) atoms. The molecule has 6 heteroatoms. The molecule has 6 nitrogen and oxygen atoms in total. The highest BCUT2D eigenvalue weighted by Crippen LogP contribution is 2.03. The lowest BCUT2D eigenvalue weighted by Gasteiger charge is -2.36. The summed E-state index contributed by atoms with van der Waals surface area (Å²) >= 11 is 0. The van der Waals surface area contributed by atoms with Crippen LogP contribution in [0.5, 0.6) is 0 Å². The quantitative estimate of drug-likeness (QED) is 0.570. The Balaban J connectivity index is 2.27. The lowest BCUT2D eigenvalue weighted by molar-refractivity contribution is -0.120. The third kappa shape index (κ3) is 6.65. The molecule has 1 atom stereocenters. The molecule has 1 aliphatic rings. The van der Waals surface area contributed by atoms with Gasteiger partial charge in [0, 0.05) is 45.8 Å². The molecule has 1 aliphatic heterocycles. The first kappa shape index (κ1) is 17.4. The van der Waals surface area contributed by atoms with Crippen molar-refractivity contribution in [3.63, 3.8) is 0 Å². The van der Waals surface area contributed by atoms with E-state index in [4.69, 9.17) is 5.73 Å². The van der Waals surface area contributed by atoms with Gasteiger partial charge in [0.25, 0.3) is 0 Å². The van der Waals surface area contributed by atoms with Crippen LogP contribution in [0.25, 0.3) is 0 Å². The molecule has 0 bridgehead atoms. The highest BCUT2D eigenvalue weighted by molar-refractivity contribution is 5.80. The van der Waals surface area contributed by atoms with Crippen molar-refractivity contribution in [3.05, 3.63) is 0 Å². The largest absolute Gasteiger partial charge is 0.368 e. The first-order valence-corrected chi connectivity index (χ1v) is 7.65. The Morgan fingerprint density at radius 2 is 1.85 bits per heavy atom. The van der Waals surface area contributed by atoms with E-state index in [1.54, 1.807) is 0 Å². The average Bonchev–Trinajstić information content (AvgIpc) is 2.42. The van der Waals surface area contributed by atoms with Crippen LogP contribution in [0.4, 0.5) is 0 Å². The van der Waals surface area contributed by atoms with Gasteiger partial charge in [-0.3, -0.25) is 14.6 Å². The predicted molar refractivity (Wildman–Crippen MR) is 82.7 cm³/mol. The first-order valence-electron chi connectivity index (χ1n) is 7.65. The Labute approximate surface area is 123 Å². The summed E-state index contributed by atoms with van der Waals surface area (Å²) in [4.78, 5) is 18.5. The Morgan fingerprint density at radius 3 is 2.35 bits per heavy atom. The molecule has 1 saturated heterocycles. The van der Waals surface area contributed by atoms with E-state index >= 15 is 0 Å². The number of hydrogen-bond acceptors (Lipinski definition) is 5. The van der Waals surface area contributed by atoms with Gasteiger partial charge in [-0.05, 0) is 27.1 Å². The number of primary amides is 1. The van der Waals surface area contributed by atoms with Crippen LogP contribution in [0.2, 0.25) is 0 Å². The number of likely N-dealkylation sites (N-methyl/N-ethyl adjacent to an activating group) is 1. The molecule has 0 aromatic carbocycles. The van der Waals surface area contributed by atoms with Crippen LogP contribution in [0.15, 0.2) is 0 Å². The fourth-order valence-corrected chi connectivity index (χ4v) is 2.37. The summed E-state index contributed by atoms with van der Waals surface area (Å²) < 4.78 is 0. The highest BCUT2D eigenvalue weighted by Gasteiger charge is 2.22. The fourth-order valence-electron chi connectivity index (χ4n) is 2.37. The van der Waals surface area contributed by atoms with Crippen LogP contribution < -0.4 is 11.1 Å². The van der Waals surface area contributed by atoms with Crippen LogP contribution in [0.1, 0.15) is 13.3 Å². The van der Waals surface area contributed by atoms with Crippen LogP contribution in [-0.4, -0.2) is 93.1 Å². The zero-order valence-electron chi connectivity index (χ0n) is 13.3. The van der Waals surface area contributed by atoms with Gasteiger partial charge in [0.05, 0.1) is 6.04 Å². The molecule has 1 heterocycles. The molecule has 1 unspecified atom stereocenters. The topological polar surface area (TPSA) is 64.8 Å². The van der Waals surface area contributed by atoms with Crippen LogP contribution in [0, 0.1) is 0 Å². The summed E-state index contributed by atoms with van der Waals surface area (Å²) in [6.45, 7) is 10.1. The average molecular weight is 285 g/mol. The lowest BCUT2D eigenvalue weighted by atomic mass is 10.2. The number of rotatable bonds is 9. The molecule has 0 aromatic rings. The highest BCUT2D eigenvalue weighted by atomic mass is 16.1. The summed E-state index contributed by atoms with van der Waals surface area (Å²) in [5.41, 5.74) is 5.46. The number of nitrogens with two attached hydrogens (primary N) is 1. The zero-order valence-corrected chi connectivity index (χ0v) is 13.3. The second-order valence-corrected chi connectivity index (χ2v) is 5.85. The SMILES string of the molecule is CCCNC(CN1CCN(CCN(C)C)CC1)C(N)=O. The van der Waals surface area contributed by atoms with Gasteiger partial charge in [-0.15, -0.1) is 0 Å². The maximum Gasteiger partial charge on any atom is 0.235 e. The normalized spacial score (nSPS) is 19.4. The summed E-state index contributed by atoms with van der Waals surface area (Å²) in [7, 11) is 4.21. The third-order valence-electron chi connectivity index (χ3n) is 3.75. The molecule has 3 N–H and O–H groups in total. The molecule has 0 aromatic heterocycles. The molecular weight excluding hydrogens is 254 g/mol. The van der Waals surface area contributed by atoms with Gasteiger partial charge in [-0.1, -0.05) is 6.92 Å². The van der Waals surface area contributed by atoms with E-state index < -0.39 is 0 Å². The van der Waals surface area contributed by atoms with Crippen molar-refractivity contribution < 1.29 is 4.79 Å². The zero-order chi connectivity index (χ0) is 15.0. The van der Waals surface area contributed by atoms with Crippen LogP contribution >= 0.6 is 0 Å². The van der Waals surface area contributed by atoms with Gasteiger partial charge >= 0.3 is 0 Å². The van der Waals surface area contributed by atoms with E-state index in [9.17, 15) is 4.79 Å². The smallest absolute Gasteiger partial charge is 0.235 e. The van der Waals surface area contributed by atoms with Crippen molar-refractivity contribution in [2.45, 2.75) is 19.4 Å². The molecule has 0 aliphatic carbocycles. The molecule has 1 fully saturated rings. The molecule has 0 spiro atoms. The fraction of sp³-hybridized carbons (Fsp3) is 0.929. The van der Waals surface area contributed by atoms with E-state index in [0.717, 1.165) is 58.8 Å². The van der Waals surface area contributed by atoms with Gasteiger partial charge in [-0.25, -0.2) is 0 Å². The summed E-state index contributed by atoms with van der Waals surface area (Å²) in [6.07, 6.45) is 1.02. The molecule has 1 amide bonds. The van der Waals surface area contributed by atoms with Gasteiger partial charge in [0.2, 0.25) is 5.91 Å². The number of hydrogen-bond donors (Lipinski definition) is 2. The van der Waals surface area contributed by atoms with Crippen molar-refractivity contribution in [1.29, 1.82) is 0 Å². The molecule has 0 radical (unpaired) electrons. The van der Waals surface area contributed by atoms with Crippen molar-refractivity contribution in [2.75, 3.05) is 66.5 Å². The minimum atomic E-state index is -0.242. The van der Waals surface area contributed by atoms with E-state index in [0.29, 0.717) is 0 Å². The maximum atomic E-state index is 11.4. The Hall–Kier alpha value is -0.690. The molecule has 118 valence electrons. The van der Waals surface area contributed by atoms with Crippen molar-refractivity contribution >= 4 is 5.91 Å². The van der Waals surface area contributed by atoms with E-state index in [-0.39, 0.29) is 11.9 Å². The lowest BCUT2D eigenvalue weighted by Crippen LogP contribution is -2.54. The van der Waals surface area contributed by atoms with Crippen LogP contribution in [-0.2, 0) is 4.79 Å². The van der Waals surface area contributed by atoms with Gasteiger partial charge in [0.1, 0.15) is 0 Å². The summed E-state index contributed by atoms with van der Waals surface area (Å²) in [5, 5.41) is 3.23. The number of carbonyl (C=O) groups is 1. The Kier molecular flexibility index (Phi) is 8.06. The van der Waals surface area contributed by atoms with Crippen molar-refractivity contribution in [3.8, 4) is 0 Å². The van der Waals surface area contributed by atoms with Crippen molar-refractivity contribution in [1.82, 2.24) is 20.0 Å².